The van der Waals surface area contributed by atoms with E-state index in [1.807, 2.05) is 36.4 Å². The first-order chi connectivity index (χ1) is 10.7. The number of halogens is 1. The number of hydrogen-bond donors (Lipinski definition) is 1. The molecule has 2 aromatic carbocycles. The van der Waals surface area contributed by atoms with Crippen molar-refractivity contribution < 1.29 is 9.53 Å². The molecule has 0 aliphatic carbocycles. The first-order valence-corrected chi connectivity index (χ1v) is 8.20. The second-order valence-corrected chi connectivity index (χ2v) is 5.90. The van der Waals surface area contributed by atoms with Gasteiger partial charge in [0.25, 0.3) is 5.91 Å². The third-order valence-corrected chi connectivity index (χ3v) is 3.83. The number of benzene rings is 2. The quantitative estimate of drug-likeness (QED) is 0.815. The number of nitrogens with one attached hydrogen (secondary N) is 1. The molecule has 4 heteroatoms. The summed E-state index contributed by atoms with van der Waals surface area (Å²) < 4.78 is 6.63. The van der Waals surface area contributed by atoms with E-state index < -0.39 is 0 Å². The van der Waals surface area contributed by atoms with Crippen LogP contribution in [0.3, 0.4) is 0 Å². The van der Waals surface area contributed by atoms with Crippen LogP contribution in [0.5, 0.6) is 5.75 Å². The monoisotopic (exact) mass is 361 g/mol. The van der Waals surface area contributed by atoms with Gasteiger partial charge in [-0.05, 0) is 42.2 Å². The topological polar surface area (TPSA) is 38.3 Å². The summed E-state index contributed by atoms with van der Waals surface area (Å²) in [7, 11) is 0. The van der Waals surface area contributed by atoms with E-state index in [-0.39, 0.29) is 12.5 Å². The van der Waals surface area contributed by atoms with Crippen LogP contribution in [0.1, 0.15) is 18.1 Å². The zero-order chi connectivity index (χ0) is 15.8. The number of rotatable bonds is 7. The molecule has 0 heterocycles. The minimum atomic E-state index is -0.0964. The summed E-state index contributed by atoms with van der Waals surface area (Å²) in [6.07, 6.45) is 1.69. The smallest absolute Gasteiger partial charge is 0.257 e. The van der Waals surface area contributed by atoms with Gasteiger partial charge in [-0.15, -0.1) is 0 Å². The number of hydrogen-bond acceptors (Lipinski definition) is 2. The Hall–Kier alpha value is -1.81. The SMILES string of the molecule is CCc1cc(Br)ccc1OCC(=O)NCCc1ccccc1. The van der Waals surface area contributed by atoms with Gasteiger partial charge in [0.1, 0.15) is 5.75 Å². The molecule has 0 aliphatic rings. The van der Waals surface area contributed by atoms with Crippen LogP contribution in [0.4, 0.5) is 0 Å². The van der Waals surface area contributed by atoms with Crippen molar-refractivity contribution in [2.24, 2.45) is 0 Å². The summed E-state index contributed by atoms with van der Waals surface area (Å²) >= 11 is 3.44. The molecule has 0 radical (unpaired) electrons. The largest absolute Gasteiger partial charge is 0.483 e. The van der Waals surface area contributed by atoms with Crippen molar-refractivity contribution in [3.8, 4) is 5.75 Å². The Morgan fingerprint density at radius 2 is 1.95 bits per heavy atom. The first-order valence-electron chi connectivity index (χ1n) is 7.41. The van der Waals surface area contributed by atoms with Crippen molar-refractivity contribution in [1.82, 2.24) is 5.32 Å². The highest BCUT2D eigenvalue weighted by Gasteiger charge is 2.06. The molecule has 0 spiro atoms. The lowest BCUT2D eigenvalue weighted by Gasteiger charge is -2.11. The summed E-state index contributed by atoms with van der Waals surface area (Å²) in [4.78, 5) is 11.8. The first kappa shape index (κ1) is 16.6. The average molecular weight is 362 g/mol. The number of aryl methyl sites for hydroxylation is 1. The van der Waals surface area contributed by atoms with Crippen LogP contribution in [0.2, 0.25) is 0 Å². The van der Waals surface area contributed by atoms with E-state index in [0.717, 1.165) is 28.6 Å². The molecule has 0 fully saturated rings. The van der Waals surface area contributed by atoms with Crippen LogP contribution in [0.25, 0.3) is 0 Å². The fourth-order valence-corrected chi connectivity index (χ4v) is 2.56. The van der Waals surface area contributed by atoms with Gasteiger partial charge >= 0.3 is 0 Å². The molecule has 0 saturated heterocycles. The molecule has 1 amide bonds. The molecule has 0 saturated carbocycles. The van der Waals surface area contributed by atoms with E-state index in [9.17, 15) is 4.79 Å². The predicted octanol–water partition coefficient (Wildman–Crippen LogP) is 3.75. The van der Waals surface area contributed by atoms with Gasteiger partial charge in [-0.1, -0.05) is 53.2 Å². The van der Waals surface area contributed by atoms with Gasteiger partial charge in [-0.3, -0.25) is 4.79 Å². The van der Waals surface area contributed by atoms with Crippen LogP contribution < -0.4 is 10.1 Å². The minimum Gasteiger partial charge on any atom is -0.483 e. The molecule has 0 aliphatic heterocycles. The molecule has 0 atom stereocenters. The van der Waals surface area contributed by atoms with Crippen molar-refractivity contribution in [2.75, 3.05) is 13.2 Å². The summed E-state index contributed by atoms with van der Waals surface area (Å²) in [5, 5.41) is 2.88. The highest BCUT2D eigenvalue weighted by molar-refractivity contribution is 9.10. The second kappa shape index (κ2) is 8.59. The zero-order valence-corrected chi connectivity index (χ0v) is 14.2. The Labute approximate surface area is 139 Å². The Kier molecular flexibility index (Phi) is 6.46. The van der Waals surface area contributed by atoms with E-state index in [2.05, 4.69) is 40.3 Å². The Morgan fingerprint density at radius 1 is 1.18 bits per heavy atom. The van der Waals surface area contributed by atoms with E-state index >= 15 is 0 Å². The predicted molar refractivity (Wildman–Crippen MR) is 92.2 cm³/mol. The number of ether oxygens (including phenoxy) is 1. The molecule has 0 unspecified atom stereocenters. The van der Waals surface area contributed by atoms with E-state index in [1.165, 1.54) is 5.56 Å². The minimum absolute atomic E-state index is 0.0451. The molecule has 116 valence electrons. The van der Waals surface area contributed by atoms with Crippen molar-refractivity contribution >= 4 is 21.8 Å². The van der Waals surface area contributed by atoms with Crippen LogP contribution >= 0.6 is 15.9 Å². The second-order valence-electron chi connectivity index (χ2n) is 4.98. The third-order valence-electron chi connectivity index (χ3n) is 3.34. The lowest BCUT2D eigenvalue weighted by molar-refractivity contribution is -0.123. The maximum Gasteiger partial charge on any atom is 0.257 e. The Balaban J connectivity index is 1.76. The van der Waals surface area contributed by atoms with Gasteiger partial charge in [0.2, 0.25) is 0 Å². The van der Waals surface area contributed by atoms with Gasteiger partial charge in [0.15, 0.2) is 6.61 Å². The van der Waals surface area contributed by atoms with Crippen molar-refractivity contribution in [2.45, 2.75) is 19.8 Å². The van der Waals surface area contributed by atoms with Crippen LogP contribution in [-0.4, -0.2) is 19.1 Å². The summed E-state index contributed by atoms with van der Waals surface area (Å²) in [6, 6.07) is 15.9. The average Bonchev–Trinajstić information content (AvgIpc) is 2.54. The maximum atomic E-state index is 11.8. The zero-order valence-electron chi connectivity index (χ0n) is 12.6. The highest BCUT2D eigenvalue weighted by Crippen LogP contribution is 2.23. The van der Waals surface area contributed by atoms with Crippen LogP contribution in [-0.2, 0) is 17.6 Å². The molecule has 3 nitrogen and oxygen atoms in total. The van der Waals surface area contributed by atoms with Crippen LogP contribution in [0, 0.1) is 0 Å². The van der Waals surface area contributed by atoms with Gasteiger partial charge in [0, 0.05) is 11.0 Å². The lowest BCUT2D eigenvalue weighted by Crippen LogP contribution is -2.30. The number of amides is 1. The normalized spacial score (nSPS) is 10.3. The number of carbonyl (C=O) groups excluding carboxylic acids is 1. The van der Waals surface area contributed by atoms with E-state index in [1.54, 1.807) is 0 Å². The van der Waals surface area contributed by atoms with E-state index in [0.29, 0.717) is 6.54 Å². The fourth-order valence-electron chi connectivity index (χ4n) is 2.15. The molecule has 2 aromatic rings. The number of carbonyl (C=O) groups is 1. The third kappa shape index (κ3) is 5.19. The van der Waals surface area contributed by atoms with Crippen molar-refractivity contribution in [1.29, 1.82) is 0 Å². The fraction of sp³-hybridized carbons (Fsp3) is 0.278. The van der Waals surface area contributed by atoms with Gasteiger partial charge in [0.05, 0.1) is 0 Å². The summed E-state index contributed by atoms with van der Waals surface area (Å²) in [5.74, 6) is 0.671. The van der Waals surface area contributed by atoms with Crippen molar-refractivity contribution in [3.63, 3.8) is 0 Å². The van der Waals surface area contributed by atoms with Crippen molar-refractivity contribution in [3.05, 3.63) is 64.1 Å². The van der Waals surface area contributed by atoms with Crippen LogP contribution in [0.15, 0.2) is 53.0 Å². The lowest BCUT2D eigenvalue weighted by atomic mass is 10.1. The van der Waals surface area contributed by atoms with Gasteiger partial charge in [-0.25, -0.2) is 0 Å². The molecule has 22 heavy (non-hydrogen) atoms. The molecular formula is C18H20BrNO2. The van der Waals surface area contributed by atoms with E-state index in [4.69, 9.17) is 4.74 Å². The molecule has 0 aromatic heterocycles. The summed E-state index contributed by atoms with van der Waals surface area (Å²) in [5.41, 5.74) is 2.30. The van der Waals surface area contributed by atoms with Gasteiger partial charge < -0.3 is 10.1 Å². The summed E-state index contributed by atoms with van der Waals surface area (Å²) in [6.45, 7) is 2.73. The molecular weight excluding hydrogens is 342 g/mol. The highest BCUT2D eigenvalue weighted by atomic mass is 79.9. The van der Waals surface area contributed by atoms with Gasteiger partial charge in [-0.2, -0.15) is 0 Å². The maximum absolute atomic E-state index is 11.8. The standard InChI is InChI=1S/C18H20BrNO2/c1-2-15-12-16(19)8-9-17(15)22-13-18(21)20-11-10-14-6-4-3-5-7-14/h3-9,12H,2,10-11,13H2,1H3,(H,20,21). The Morgan fingerprint density at radius 3 is 2.68 bits per heavy atom. The molecule has 2 rings (SSSR count). The Bertz CT molecular complexity index is 614. The molecule has 1 N–H and O–H groups in total. The molecule has 0 bridgehead atoms.